The predicted octanol–water partition coefficient (Wildman–Crippen LogP) is 1.02. The maximum atomic E-state index is 13.2. The van der Waals surface area contributed by atoms with Crippen LogP contribution in [0.15, 0.2) is 17.4 Å². The highest BCUT2D eigenvalue weighted by Crippen LogP contribution is 2.29. The number of amides is 1. The molecule has 1 unspecified atom stereocenters. The molecule has 92 valence electrons. The summed E-state index contributed by atoms with van der Waals surface area (Å²) in [4.78, 5) is 11.3. The number of carbonyl (C=O) groups is 1. The molecule has 0 saturated carbocycles. The van der Waals surface area contributed by atoms with Gasteiger partial charge in [0.25, 0.3) is 5.91 Å². The molecule has 1 aromatic rings. The monoisotopic (exact) mass is 250 g/mol. The third-order valence-corrected chi connectivity index (χ3v) is 2.18. The minimum Gasteiger partial charge on any atom is -0.269 e. The summed E-state index contributed by atoms with van der Waals surface area (Å²) >= 11 is 0. The van der Waals surface area contributed by atoms with E-state index in [4.69, 9.17) is 0 Å². The van der Waals surface area contributed by atoms with Gasteiger partial charge in [-0.1, -0.05) is 0 Å². The number of nitrogens with zero attached hydrogens (tertiary/aromatic N) is 4. The second kappa shape index (κ2) is 3.54. The van der Waals surface area contributed by atoms with Crippen LogP contribution >= 0.6 is 0 Å². The van der Waals surface area contributed by atoms with Crippen LogP contribution in [0.1, 0.15) is 0 Å². The highest BCUT2D eigenvalue weighted by atomic mass is 19.4. The van der Waals surface area contributed by atoms with Gasteiger partial charge in [0.15, 0.2) is 11.5 Å². The molecule has 2 rings (SSSR count). The lowest BCUT2D eigenvalue weighted by molar-refractivity contribution is -0.121. The molecule has 5 nitrogen and oxygen atoms in total. The van der Waals surface area contributed by atoms with Crippen LogP contribution in [0.4, 0.5) is 23.4 Å². The van der Waals surface area contributed by atoms with E-state index in [9.17, 15) is 22.4 Å². The van der Waals surface area contributed by atoms with Gasteiger partial charge in [-0.3, -0.25) is 9.48 Å². The molecule has 2 heterocycles. The first-order valence-electron chi connectivity index (χ1n) is 4.44. The van der Waals surface area contributed by atoms with Gasteiger partial charge in [0, 0.05) is 13.1 Å². The molecule has 0 radical (unpaired) electrons. The molecule has 1 amide bonds. The highest BCUT2D eigenvalue weighted by Gasteiger charge is 2.51. The van der Waals surface area contributed by atoms with E-state index in [1.807, 2.05) is 0 Å². The Morgan fingerprint density at radius 3 is 2.47 bits per heavy atom. The maximum absolute atomic E-state index is 13.2. The first kappa shape index (κ1) is 11.6. The Morgan fingerprint density at radius 1 is 1.41 bits per heavy atom. The van der Waals surface area contributed by atoms with E-state index >= 15 is 0 Å². The Morgan fingerprint density at radius 2 is 2.06 bits per heavy atom. The number of anilines is 1. The van der Waals surface area contributed by atoms with Crippen LogP contribution in [0.3, 0.4) is 0 Å². The molecule has 17 heavy (non-hydrogen) atoms. The molecule has 9 heteroatoms. The van der Waals surface area contributed by atoms with Crippen molar-refractivity contribution in [2.75, 3.05) is 5.01 Å². The molecular weight excluding hydrogens is 244 g/mol. The molecule has 1 aliphatic heterocycles. The summed E-state index contributed by atoms with van der Waals surface area (Å²) in [5.41, 5.74) is -1.75. The zero-order valence-electron chi connectivity index (χ0n) is 8.44. The normalized spacial score (nSPS) is 21.0. The van der Waals surface area contributed by atoms with Crippen molar-refractivity contribution < 1.29 is 22.4 Å². The molecule has 0 N–H and O–H groups in total. The second-order valence-electron chi connectivity index (χ2n) is 3.31. The van der Waals surface area contributed by atoms with Gasteiger partial charge >= 0.3 is 6.18 Å². The van der Waals surface area contributed by atoms with E-state index in [0.717, 1.165) is 4.68 Å². The van der Waals surface area contributed by atoms with Crippen LogP contribution in [0.2, 0.25) is 0 Å². The summed E-state index contributed by atoms with van der Waals surface area (Å²) in [5.74, 6) is -1.40. The number of carbonyl (C=O) groups excluding carboxylic acids is 1. The number of alkyl halides is 4. The van der Waals surface area contributed by atoms with Crippen LogP contribution in [0.25, 0.3) is 0 Å². The fourth-order valence-corrected chi connectivity index (χ4v) is 1.37. The average molecular weight is 250 g/mol. The Bertz CT molecular complexity index is 492. The van der Waals surface area contributed by atoms with E-state index in [-0.39, 0.29) is 5.82 Å². The number of hydrazone groups is 1. The van der Waals surface area contributed by atoms with Crippen LogP contribution in [-0.2, 0) is 11.8 Å². The fourth-order valence-electron chi connectivity index (χ4n) is 1.37. The number of halogens is 4. The lowest BCUT2D eigenvalue weighted by Gasteiger charge is -2.10. The minimum atomic E-state index is -4.97. The topological polar surface area (TPSA) is 50.5 Å². The summed E-state index contributed by atoms with van der Waals surface area (Å²) < 4.78 is 51.3. The van der Waals surface area contributed by atoms with E-state index < -0.39 is 24.0 Å². The SMILES string of the molecule is Cn1nccc1N1N=C(C(F)(F)F)C(F)C1=O. The molecule has 1 aromatic heterocycles. The first-order chi connectivity index (χ1) is 7.82. The van der Waals surface area contributed by atoms with Gasteiger partial charge in [0.1, 0.15) is 0 Å². The van der Waals surface area contributed by atoms with Crippen molar-refractivity contribution in [2.24, 2.45) is 12.1 Å². The molecule has 1 atom stereocenters. The summed E-state index contributed by atoms with van der Waals surface area (Å²) in [5, 5.41) is 6.98. The molecule has 0 saturated heterocycles. The molecule has 0 aliphatic carbocycles. The number of hydrogen-bond donors (Lipinski definition) is 0. The summed E-state index contributed by atoms with van der Waals surface area (Å²) in [6, 6.07) is 1.26. The smallest absolute Gasteiger partial charge is 0.269 e. The lowest BCUT2D eigenvalue weighted by atomic mass is 10.2. The van der Waals surface area contributed by atoms with Crippen molar-refractivity contribution in [3.05, 3.63) is 12.3 Å². The van der Waals surface area contributed by atoms with Gasteiger partial charge in [-0.2, -0.15) is 28.4 Å². The first-order valence-corrected chi connectivity index (χ1v) is 4.44. The van der Waals surface area contributed by atoms with Crippen molar-refractivity contribution in [2.45, 2.75) is 12.3 Å². The summed E-state index contributed by atoms with van der Waals surface area (Å²) in [6.07, 6.45) is -6.50. The molecule has 0 spiro atoms. The molecule has 0 fully saturated rings. The predicted molar refractivity (Wildman–Crippen MR) is 49.1 cm³/mol. The van der Waals surface area contributed by atoms with Crippen LogP contribution in [0, 0.1) is 0 Å². The van der Waals surface area contributed by atoms with E-state index in [1.165, 1.54) is 19.3 Å². The van der Waals surface area contributed by atoms with Crippen molar-refractivity contribution in [1.82, 2.24) is 9.78 Å². The minimum absolute atomic E-state index is 0.0306. The Balaban J connectivity index is 2.42. The van der Waals surface area contributed by atoms with Crippen molar-refractivity contribution in [3.8, 4) is 0 Å². The number of aryl methyl sites for hydroxylation is 1. The van der Waals surface area contributed by atoms with Gasteiger partial charge in [-0.05, 0) is 0 Å². The van der Waals surface area contributed by atoms with Gasteiger partial charge < -0.3 is 0 Å². The third kappa shape index (κ3) is 1.77. The van der Waals surface area contributed by atoms with Crippen molar-refractivity contribution >= 4 is 17.4 Å². The highest BCUT2D eigenvalue weighted by molar-refractivity contribution is 6.19. The molecular formula is C8H6F4N4O. The quantitative estimate of drug-likeness (QED) is 0.699. The third-order valence-electron chi connectivity index (χ3n) is 2.18. The molecule has 1 aliphatic rings. The Hall–Kier alpha value is -1.93. The Labute approximate surface area is 92.3 Å². The molecule has 0 aromatic carbocycles. The van der Waals surface area contributed by atoms with Gasteiger partial charge in [-0.25, -0.2) is 4.39 Å². The van der Waals surface area contributed by atoms with Crippen LogP contribution < -0.4 is 5.01 Å². The van der Waals surface area contributed by atoms with Gasteiger partial charge in [0.2, 0.25) is 6.17 Å². The summed E-state index contributed by atoms with van der Waals surface area (Å²) in [7, 11) is 1.40. The van der Waals surface area contributed by atoms with Gasteiger partial charge in [-0.15, -0.1) is 0 Å². The zero-order chi connectivity index (χ0) is 12.8. The lowest BCUT2D eigenvalue weighted by Crippen LogP contribution is -2.34. The van der Waals surface area contributed by atoms with Gasteiger partial charge in [0.05, 0.1) is 6.20 Å². The van der Waals surface area contributed by atoms with E-state index in [0.29, 0.717) is 5.01 Å². The summed E-state index contributed by atoms with van der Waals surface area (Å²) in [6.45, 7) is 0. The van der Waals surface area contributed by atoms with E-state index in [1.54, 1.807) is 0 Å². The number of rotatable bonds is 1. The van der Waals surface area contributed by atoms with Crippen molar-refractivity contribution in [1.29, 1.82) is 0 Å². The zero-order valence-corrected chi connectivity index (χ0v) is 8.44. The average Bonchev–Trinajstić information content (AvgIpc) is 2.73. The standard InChI is InChI=1S/C8H6F4N4O/c1-15-4(2-3-13-15)16-7(17)5(9)6(14-16)8(10,11)12/h2-3,5H,1H3. The maximum Gasteiger partial charge on any atom is 0.434 e. The largest absolute Gasteiger partial charge is 0.434 e. The number of aromatic nitrogens is 2. The Kier molecular flexibility index (Phi) is 2.40. The fraction of sp³-hybridized carbons (Fsp3) is 0.375. The van der Waals surface area contributed by atoms with Crippen LogP contribution in [0.5, 0.6) is 0 Å². The molecule has 0 bridgehead atoms. The van der Waals surface area contributed by atoms with Crippen LogP contribution in [-0.4, -0.2) is 33.7 Å². The van der Waals surface area contributed by atoms with Crippen molar-refractivity contribution in [3.63, 3.8) is 0 Å². The van der Waals surface area contributed by atoms with E-state index in [2.05, 4.69) is 10.2 Å². The number of hydrogen-bond acceptors (Lipinski definition) is 3. The second-order valence-corrected chi connectivity index (χ2v) is 3.31.